The number of carbonyl (C=O) groups excluding carboxylic acids is 2. The van der Waals surface area contributed by atoms with Gasteiger partial charge in [-0.3, -0.25) is 9.59 Å². The first-order valence-corrected chi connectivity index (χ1v) is 5.93. The van der Waals surface area contributed by atoms with Crippen LogP contribution in [0.5, 0.6) is 5.75 Å². The molecule has 0 bridgehead atoms. The monoisotopic (exact) mass is 273 g/mol. The fraction of sp³-hybridized carbons (Fsp3) is 0.0667. The number of nitrogens with one attached hydrogen (secondary N) is 1. The number of rotatable bonds is 4. The van der Waals surface area contributed by atoms with Crippen molar-refractivity contribution in [2.45, 2.75) is 0 Å². The second-order valence-corrected chi connectivity index (χ2v) is 4.11. The highest BCUT2D eigenvalue weighted by Gasteiger charge is 2.17. The molecule has 0 unspecified atom stereocenters. The molecule has 0 aromatic heterocycles. The number of carbonyl (C=O) groups is 2. The number of phenolic OH excluding ortho intramolecular Hbond substituents is 1. The Balaban J connectivity index is 2.05. The molecule has 1 amide bonds. The van der Waals surface area contributed by atoms with Gasteiger partial charge in [-0.25, -0.2) is 4.39 Å². The van der Waals surface area contributed by atoms with Gasteiger partial charge in [-0.2, -0.15) is 0 Å². The molecule has 0 radical (unpaired) electrons. The van der Waals surface area contributed by atoms with E-state index in [4.69, 9.17) is 0 Å². The van der Waals surface area contributed by atoms with Crippen molar-refractivity contribution in [1.29, 1.82) is 0 Å². The molecule has 0 spiro atoms. The van der Waals surface area contributed by atoms with Crippen LogP contribution in [-0.4, -0.2) is 23.3 Å². The number of ketones is 1. The highest BCUT2D eigenvalue weighted by molar-refractivity contribution is 6.03. The van der Waals surface area contributed by atoms with Crippen LogP contribution in [0.1, 0.15) is 20.7 Å². The molecule has 2 aromatic rings. The Morgan fingerprint density at radius 2 is 1.75 bits per heavy atom. The standard InChI is InChI=1S/C15H12FNO3/c16-11-7-4-8-12(18)14(11)15(20)17-9-13(19)10-5-2-1-3-6-10/h1-8,18H,9H2,(H,17,20). The van der Waals surface area contributed by atoms with E-state index in [1.807, 2.05) is 0 Å². The van der Waals surface area contributed by atoms with Crippen molar-refractivity contribution in [1.82, 2.24) is 5.32 Å². The molecule has 20 heavy (non-hydrogen) atoms. The van der Waals surface area contributed by atoms with Crippen LogP contribution in [0.2, 0.25) is 0 Å². The normalized spacial score (nSPS) is 10.1. The molecule has 2 rings (SSSR count). The zero-order valence-electron chi connectivity index (χ0n) is 10.5. The third kappa shape index (κ3) is 3.00. The summed E-state index contributed by atoms with van der Waals surface area (Å²) in [5.41, 5.74) is -0.0149. The first-order chi connectivity index (χ1) is 9.59. The van der Waals surface area contributed by atoms with Gasteiger partial charge in [0, 0.05) is 5.56 Å². The molecule has 0 atom stereocenters. The quantitative estimate of drug-likeness (QED) is 0.839. The van der Waals surface area contributed by atoms with Crippen LogP contribution in [0.3, 0.4) is 0 Å². The average Bonchev–Trinajstić information content (AvgIpc) is 2.45. The summed E-state index contributed by atoms with van der Waals surface area (Å²) in [7, 11) is 0. The molecule has 0 saturated heterocycles. The van der Waals surface area contributed by atoms with Gasteiger partial charge in [0.15, 0.2) is 5.78 Å². The summed E-state index contributed by atoms with van der Waals surface area (Å²) in [5, 5.41) is 11.7. The van der Waals surface area contributed by atoms with Gasteiger partial charge in [0.05, 0.1) is 6.54 Å². The Kier molecular flexibility index (Phi) is 4.10. The minimum Gasteiger partial charge on any atom is -0.507 e. The number of halogens is 1. The summed E-state index contributed by atoms with van der Waals surface area (Å²) in [6.07, 6.45) is 0. The van der Waals surface area contributed by atoms with Crippen molar-refractivity contribution in [2.24, 2.45) is 0 Å². The first kappa shape index (κ1) is 13.7. The number of benzene rings is 2. The lowest BCUT2D eigenvalue weighted by molar-refractivity contribution is 0.0899. The molecule has 0 fully saturated rings. The smallest absolute Gasteiger partial charge is 0.258 e. The molecule has 5 heteroatoms. The number of amides is 1. The van der Waals surface area contributed by atoms with E-state index in [1.165, 1.54) is 12.1 Å². The molecule has 0 aliphatic carbocycles. The molecule has 0 heterocycles. The predicted octanol–water partition coefficient (Wildman–Crippen LogP) is 2.14. The van der Waals surface area contributed by atoms with Gasteiger partial charge in [0.25, 0.3) is 5.91 Å². The number of phenols is 1. The highest BCUT2D eigenvalue weighted by Crippen LogP contribution is 2.19. The largest absolute Gasteiger partial charge is 0.507 e. The Hall–Kier alpha value is -2.69. The summed E-state index contributed by atoms with van der Waals surface area (Å²) in [6.45, 7) is -0.267. The van der Waals surface area contributed by atoms with Crippen LogP contribution in [0.4, 0.5) is 4.39 Å². The Morgan fingerprint density at radius 3 is 2.40 bits per heavy atom. The summed E-state index contributed by atoms with van der Waals surface area (Å²) in [5.74, 6) is -2.43. The summed E-state index contributed by atoms with van der Waals surface area (Å²) < 4.78 is 13.4. The van der Waals surface area contributed by atoms with Gasteiger partial charge in [-0.1, -0.05) is 36.4 Å². The van der Waals surface area contributed by atoms with Crippen molar-refractivity contribution in [3.05, 3.63) is 65.5 Å². The van der Waals surface area contributed by atoms with Crippen LogP contribution >= 0.6 is 0 Å². The van der Waals surface area contributed by atoms with Gasteiger partial charge < -0.3 is 10.4 Å². The lowest BCUT2D eigenvalue weighted by Gasteiger charge is -2.07. The van der Waals surface area contributed by atoms with Crippen LogP contribution in [0, 0.1) is 5.82 Å². The third-order valence-corrected chi connectivity index (χ3v) is 2.72. The average molecular weight is 273 g/mol. The molecule has 2 aromatic carbocycles. The summed E-state index contributed by atoms with van der Waals surface area (Å²) in [6, 6.07) is 12.0. The first-order valence-electron chi connectivity index (χ1n) is 5.93. The van der Waals surface area contributed by atoms with E-state index < -0.39 is 23.0 Å². The predicted molar refractivity (Wildman–Crippen MR) is 71.2 cm³/mol. The Bertz CT molecular complexity index is 621. The molecular weight excluding hydrogens is 261 g/mol. The molecule has 4 nitrogen and oxygen atoms in total. The van der Waals surface area contributed by atoms with Crippen LogP contribution < -0.4 is 5.32 Å². The topological polar surface area (TPSA) is 66.4 Å². The van der Waals surface area contributed by atoms with E-state index in [1.54, 1.807) is 30.3 Å². The second-order valence-electron chi connectivity index (χ2n) is 4.11. The maximum atomic E-state index is 13.4. The maximum absolute atomic E-state index is 13.4. The minimum absolute atomic E-state index is 0.267. The zero-order chi connectivity index (χ0) is 14.5. The van der Waals surface area contributed by atoms with Gasteiger partial charge in [-0.15, -0.1) is 0 Å². The minimum atomic E-state index is -0.838. The van der Waals surface area contributed by atoms with Crippen LogP contribution in [-0.2, 0) is 0 Å². The van der Waals surface area contributed by atoms with Crippen molar-refractivity contribution in [3.63, 3.8) is 0 Å². The van der Waals surface area contributed by atoms with E-state index in [2.05, 4.69) is 5.32 Å². The van der Waals surface area contributed by atoms with E-state index in [0.717, 1.165) is 6.07 Å². The Labute approximate surface area is 114 Å². The lowest BCUT2D eigenvalue weighted by atomic mass is 10.1. The maximum Gasteiger partial charge on any atom is 0.258 e. The van der Waals surface area contributed by atoms with Crippen LogP contribution in [0.15, 0.2) is 48.5 Å². The molecule has 2 N–H and O–H groups in total. The van der Waals surface area contributed by atoms with Gasteiger partial charge in [-0.05, 0) is 12.1 Å². The van der Waals surface area contributed by atoms with Crippen LogP contribution in [0.25, 0.3) is 0 Å². The molecule has 0 aliphatic heterocycles. The molecule has 102 valence electrons. The van der Waals surface area contributed by atoms with E-state index in [0.29, 0.717) is 5.56 Å². The summed E-state index contributed by atoms with van der Waals surface area (Å²) >= 11 is 0. The lowest BCUT2D eigenvalue weighted by Crippen LogP contribution is -2.30. The van der Waals surface area contributed by atoms with Crippen molar-refractivity contribution < 1.29 is 19.1 Å². The van der Waals surface area contributed by atoms with Gasteiger partial charge in [0.1, 0.15) is 17.1 Å². The third-order valence-electron chi connectivity index (χ3n) is 2.72. The fourth-order valence-corrected chi connectivity index (χ4v) is 1.71. The van der Waals surface area contributed by atoms with Crippen molar-refractivity contribution in [3.8, 4) is 5.75 Å². The molecule has 0 aliphatic rings. The molecule has 0 saturated carbocycles. The van der Waals surface area contributed by atoms with Crippen molar-refractivity contribution >= 4 is 11.7 Å². The van der Waals surface area contributed by atoms with Gasteiger partial charge >= 0.3 is 0 Å². The van der Waals surface area contributed by atoms with Crippen molar-refractivity contribution in [2.75, 3.05) is 6.54 Å². The molecular formula is C15H12FNO3. The van der Waals surface area contributed by atoms with E-state index in [9.17, 15) is 19.1 Å². The van der Waals surface area contributed by atoms with E-state index >= 15 is 0 Å². The number of hydrogen-bond acceptors (Lipinski definition) is 3. The van der Waals surface area contributed by atoms with Gasteiger partial charge in [0.2, 0.25) is 0 Å². The van der Waals surface area contributed by atoms with E-state index in [-0.39, 0.29) is 12.3 Å². The fourth-order valence-electron chi connectivity index (χ4n) is 1.71. The zero-order valence-corrected chi connectivity index (χ0v) is 10.5. The highest BCUT2D eigenvalue weighted by atomic mass is 19.1. The second kappa shape index (κ2) is 5.97. The number of hydrogen-bond donors (Lipinski definition) is 2. The summed E-state index contributed by atoms with van der Waals surface area (Å²) in [4.78, 5) is 23.5. The Morgan fingerprint density at radius 1 is 1.05 bits per heavy atom. The SMILES string of the molecule is O=C(CNC(=O)c1c(O)cccc1F)c1ccccc1. The number of aromatic hydroxyl groups is 1. The number of Topliss-reactive ketones (excluding diaryl/α,β-unsaturated/α-hetero) is 1.